The number of carbonyl (C=O) groups is 1. The molecular weight excluding hydrogens is 246 g/mol. The summed E-state index contributed by atoms with van der Waals surface area (Å²) in [6.07, 6.45) is 9.15. The van der Waals surface area contributed by atoms with Gasteiger partial charge in [-0.15, -0.1) is 11.6 Å². The quantitative estimate of drug-likeness (QED) is 0.776. The van der Waals surface area contributed by atoms with Crippen molar-refractivity contribution >= 4 is 17.5 Å². The van der Waals surface area contributed by atoms with Crippen LogP contribution < -0.4 is 5.32 Å². The molecule has 2 aliphatic carbocycles. The molecule has 0 aromatic rings. The van der Waals surface area contributed by atoms with Crippen LogP contribution in [-0.4, -0.2) is 17.3 Å². The van der Waals surface area contributed by atoms with Crippen LogP contribution >= 0.6 is 11.6 Å². The smallest absolute Gasteiger partial charge is 0.224 e. The maximum atomic E-state index is 12.6. The number of hydrogen-bond donors (Lipinski definition) is 1. The summed E-state index contributed by atoms with van der Waals surface area (Å²) in [7, 11) is 0. The molecule has 104 valence electrons. The Kier molecular flexibility index (Phi) is 4.25. The lowest BCUT2D eigenvalue weighted by molar-refractivity contribution is -0.132. The van der Waals surface area contributed by atoms with Crippen LogP contribution in [0.2, 0.25) is 0 Å². The molecule has 0 spiro atoms. The van der Waals surface area contributed by atoms with Gasteiger partial charge in [0.2, 0.25) is 5.91 Å². The van der Waals surface area contributed by atoms with Crippen molar-refractivity contribution in [1.82, 2.24) is 5.32 Å². The van der Waals surface area contributed by atoms with Gasteiger partial charge in [-0.2, -0.15) is 0 Å². The van der Waals surface area contributed by atoms with Crippen molar-refractivity contribution in [2.24, 2.45) is 11.3 Å². The Bertz CT molecular complexity index is 308. The van der Waals surface area contributed by atoms with E-state index in [1.54, 1.807) is 0 Å². The van der Waals surface area contributed by atoms with Crippen LogP contribution in [0.5, 0.6) is 0 Å². The van der Waals surface area contributed by atoms with Gasteiger partial charge in [0.1, 0.15) is 0 Å². The van der Waals surface area contributed by atoms with E-state index in [1.165, 1.54) is 32.1 Å². The molecule has 0 aliphatic heterocycles. The first-order chi connectivity index (χ1) is 8.49. The summed E-state index contributed by atoms with van der Waals surface area (Å²) in [5.41, 5.74) is 0.0423. The highest BCUT2D eigenvalue weighted by Crippen LogP contribution is 2.41. The zero-order valence-corrected chi connectivity index (χ0v) is 12.5. The number of alkyl halides is 1. The number of amides is 1. The Balaban J connectivity index is 2.02. The lowest BCUT2D eigenvalue weighted by atomic mass is 9.68. The molecule has 0 aromatic carbocycles. The third-order valence-electron chi connectivity index (χ3n) is 5.03. The molecule has 2 saturated carbocycles. The van der Waals surface area contributed by atoms with E-state index in [1.807, 2.05) is 0 Å². The molecule has 0 aromatic heterocycles. The normalized spacial score (nSPS) is 30.1. The Morgan fingerprint density at radius 3 is 2.33 bits per heavy atom. The average molecular weight is 272 g/mol. The van der Waals surface area contributed by atoms with Gasteiger partial charge < -0.3 is 5.32 Å². The van der Waals surface area contributed by atoms with E-state index in [0.29, 0.717) is 5.88 Å². The molecule has 3 heteroatoms. The van der Waals surface area contributed by atoms with Crippen molar-refractivity contribution in [2.45, 2.75) is 70.8 Å². The minimum atomic E-state index is -0.105. The molecule has 1 amide bonds. The van der Waals surface area contributed by atoms with Gasteiger partial charge in [0.15, 0.2) is 0 Å². The molecular formula is C15H26ClNO. The van der Waals surface area contributed by atoms with Crippen LogP contribution in [0.1, 0.15) is 65.2 Å². The molecule has 0 bridgehead atoms. The highest BCUT2D eigenvalue weighted by molar-refractivity contribution is 6.18. The first kappa shape index (κ1) is 14.2. The molecule has 1 N–H and O–H groups in total. The third-order valence-corrected chi connectivity index (χ3v) is 5.54. The van der Waals surface area contributed by atoms with Gasteiger partial charge in [-0.05, 0) is 31.1 Å². The van der Waals surface area contributed by atoms with Crippen molar-refractivity contribution in [3.05, 3.63) is 0 Å². The van der Waals surface area contributed by atoms with Crippen LogP contribution in [0, 0.1) is 11.3 Å². The second-order valence-electron chi connectivity index (χ2n) is 6.90. The summed E-state index contributed by atoms with van der Waals surface area (Å²) in [6, 6.07) is 0. The lowest BCUT2D eigenvalue weighted by Crippen LogP contribution is -2.52. The van der Waals surface area contributed by atoms with Gasteiger partial charge in [-0.25, -0.2) is 0 Å². The SMILES string of the molecule is CC1(C)CCCCC1C(=O)NC1(CCl)CCCC1. The van der Waals surface area contributed by atoms with Gasteiger partial charge in [0, 0.05) is 11.8 Å². The molecule has 1 unspecified atom stereocenters. The van der Waals surface area contributed by atoms with Crippen LogP contribution in [-0.2, 0) is 4.79 Å². The van der Waals surface area contributed by atoms with E-state index in [0.717, 1.165) is 19.3 Å². The molecule has 18 heavy (non-hydrogen) atoms. The second-order valence-corrected chi connectivity index (χ2v) is 7.16. The monoisotopic (exact) mass is 271 g/mol. The molecule has 0 saturated heterocycles. The van der Waals surface area contributed by atoms with E-state index in [2.05, 4.69) is 19.2 Å². The lowest BCUT2D eigenvalue weighted by Gasteiger charge is -2.40. The van der Waals surface area contributed by atoms with Gasteiger partial charge in [-0.1, -0.05) is 39.5 Å². The summed E-state index contributed by atoms with van der Waals surface area (Å²) >= 11 is 6.10. The van der Waals surface area contributed by atoms with Crippen molar-refractivity contribution in [3.8, 4) is 0 Å². The molecule has 0 radical (unpaired) electrons. The summed E-state index contributed by atoms with van der Waals surface area (Å²) in [6.45, 7) is 4.47. The van der Waals surface area contributed by atoms with Crippen LogP contribution in [0.3, 0.4) is 0 Å². The van der Waals surface area contributed by atoms with Crippen LogP contribution in [0.15, 0.2) is 0 Å². The second kappa shape index (κ2) is 5.40. The Hall–Kier alpha value is -0.240. The fraction of sp³-hybridized carbons (Fsp3) is 0.933. The summed E-state index contributed by atoms with van der Waals surface area (Å²) in [5, 5.41) is 3.30. The minimum Gasteiger partial charge on any atom is -0.349 e. The van der Waals surface area contributed by atoms with E-state index in [-0.39, 0.29) is 22.8 Å². The maximum Gasteiger partial charge on any atom is 0.224 e. The number of halogens is 1. The highest BCUT2D eigenvalue weighted by atomic mass is 35.5. The Labute approximate surface area is 116 Å². The molecule has 2 fully saturated rings. The van der Waals surface area contributed by atoms with E-state index >= 15 is 0 Å². The number of carbonyl (C=O) groups excluding carboxylic acids is 1. The van der Waals surface area contributed by atoms with Crippen molar-refractivity contribution in [2.75, 3.05) is 5.88 Å². The van der Waals surface area contributed by atoms with Gasteiger partial charge in [0.05, 0.1) is 5.54 Å². The predicted molar refractivity (Wildman–Crippen MR) is 75.8 cm³/mol. The molecule has 2 nitrogen and oxygen atoms in total. The molecule has 0 heterocycles. The molecule has 2 aliphatic rings. The van der Waals surface area contributed by atoms with Gasteiger partial charge in [-0.3, -0.25) is 4.79 Å². The number of hydrogen-bond acceptors (Lipinski definition) is 1. The standard InChI is InChI=1S/C15H26ClNO/c1-14(2)8-4-3-7-12(14)13(18)17-15(11-16)9-5-6-10-15/h12H,3-11H2,1-2H3,(H,17,18). The fourth-order valence-corrected chi connectivity index (χ4v) is 4.01. The third kappa shape index (κ3) is 2.84. The topological polar surface area (TPSA) is 29.1 Å². The first-order valence-electron chi connectivity index (χ1n) is 7.37. The first-order valence-corrected chi connectivity index (χ1v) is 7.91. The van der Waals surface area contributed by atoms with E-state index in [4.69, 9.17) is 11.6 Å². The van der Waals surface area contributed by atoms with Gasteiger partial charge >= 0.3 is 0 Å². The number of rotatable bonds is 3. The summed E-state index contributed by atoms with van der Waals surface area (Å²) in [4.78, 5) is 12.6. The Morgan fingerprint density at radius 1 is 1.17 bits per heavy atom. The Morgan fingerprint density at radius 2 is 1.78 bits per heavy atom. The summed E-state index contributed by atoms with van der Waals surface area (Å²) in [5.74, 6) is 0.987. The van der Waals surface area contributed by atoms with E-state index in [9.17, 15) is 4.79 Å². The van der Waals surface area contributed by atoms with Crippen LogP contribution in [0.4, 0.5) is 0 Å². The van der Waals surface area contributed by atoms with Crippen LogP contribution in [0.25, 0.3) is 0 Å². The predicted octanol–water partition coefficient (Wildman–Crippen LogP) is 3.87. The summed E-state index contributed by atoms with van der Waals surface area (Å²) < 4.78 is 0. The fourth-order valence-electron chi connectivity index (χ4n) is 3.67. The minimum absolute atomic E-state index is 0.105. The highest BCUT2D eigenvalue weighted by Gasteiger charge is 2.41. The zero-order chi connectivity index (χ0) is 13.2. The largest absolute Gasteiger partial charge is 0.349 e. The average Bonchev–Trinajstić information content (AvgIpc) is 2.77. The molecule has 2 rings (SSSR count). The maximum absolute atomic E-state index is 12.6. The van der Waals surface area contributed by atoms with Crippen molar-refractivity contribution in [3.63, 3.8) is 0 Å². The van der Waals surface area contributed by atoms with Gasteiger partial charge in [0.25, 0.3) is 0 Å². The molecule has 1 atom stereocenters. The number of nitrogens with one attached hydrogen (secondary N) is 1. The van der Waals surface area contributed by atoms with E-state index < -0.39 is 0 Å². The zero-order valence-electron chi connectivity index (χ0n) is 11.7. The van der Waals surface area contributed by atoms with Crippen molar-refractivity contribution < 1.29 is 4.79 Å². The van der Waals surface area contributed by atoms with Crippen molar-refractivity contribution in [1.29, 1.82) is 0 Å².